The molecule has 2 N–H and O–H groups in total. The summed E-state index contributed by atoms with van der Waals surface area (Å²) in [6.07, 6.45) is 0.610. The van der Waals surface area contributed by atoms with E-state index in [0.717, 1.165) is 11.6 Å². The Morgan fingerprint density at radius 1 is 1.47 bits per heavy atom. The second kappa shape index (κ2) is 4.68. The van der Waals surface area contributed by atoms with Crippen LogP contribution in [0.3, 0.4) is 0 Å². The molecule has 7 heteroatoms. The Bertz CT molecular complexity index is 651. The highest BCUT2D eigenvalue weighted by Crippen LogP contribution is 2.30. The summed E-state index contributed by atoms with van der Waals surface area (Å²) in [6.45, 7) is 1.89. The van der Waals surface area contributed by atoms with Crippen LogP contribution in [0, 0.1) is 15.9 Å². The van der Waals surface area contributed by atoms with Crippen molar-refractivity contribution in [3.05, 3.63) is 39.7 Å². The zero-order chi connectivity index (χ0) is 14.2. The van der Waals surface area contributed by atoms with Crippen LogP contribution in [0.4, 0.5) is 15.9 Å². The number of nitrogens with two attached hydrogens (primary N) is 1. The normalized spacial score (nSPS) is 10.7. The van der Waals surface area contributed by atoms with Gasteiger partial charge >= 0.3 is 0 Å². The number of halogens is 1. The van der Waals surface area contributed by atoms with Gasteiger partial charge in [0, 0.05) is 24.2 Å². The summed E-state index contributed by atoms with van der Waals surface area (Å²) >= 11 is 0. The molecule has 1 heterocycles. The summed E-state index contributed by atoms with van der Waals surface area (Å²) in [4.78, 5) is 10.1. The minimum Gasteiger partial charge on any atom is -0.384 e. The predicted octanol–water partition coefficient (Wildman–Crippen LogP) is 2.28. The maximum Gasteiger partial charge on any atom is 0.273 e. The van der Waals surface area contributed by atoms with Crippen molar-refractivity contribution in [3.8, 4) is 11.3 Å². The first kappa shape index (κ1) is 13.0. The summed E-state index contributed by atoms with van der Waals surface area (Å²) in [5, 5.41) is 14.9. The Morgan fingerprint density at radius 2 is 2.16 bits per heavy atom. The minimum atomic E-state index is -0.671. The zero-order valence-corrected chi connectivity index (χ0v) is 10.6. The van der Waals surface area contributed by atoms with Crippen molar-refractivity contribution in [3.63, 3.8) is 0 Å². The molecule has 0 saturated heterocycles. The largest absolute Gasteiger partial charge is 0.384 e. The first-order valence-electron chi connectivity index (χ1n) is 5.70. The van der Waals surface area contributed by atoms with Crippen LogP contribution in [0.5, 0.6) is 0 Å². The van der Waals surface area contributed by atoms with Crippen LogP contribution >= 0.6 is 0 Å². The quantitative estimate of drug-likeness (QED) is 0.680. The number of hydrogen-bond acceptors (Lipinski definition) is 4. The van der Waals surface area contributed by atoms with Crippen molar-refractivity contribution in [2.24, 2.45) is 7.05 Å². The molecule has 0 fully saturated rings. The van der Waals surface area contributed by atoms with Crippen LogP contribution in [0.15, 0.2) is 18.2 Å². The van der Waals surface area contributed by atoms with E-state index >= 15 is 0 Å². The molecule has 0 amide bonds. The molecule has 2 rings (SSSR count). The van der Waals surface area contributed by atoms with Gasteiger partial charge in [0.25, 0.3) is 5.69 Å². The van der Waals surface area contributed by atoms with Gasteiger partial charge in [-0.3, -0.25) is 14.8 Å². The highest BCUT2D eigenvalue weighted by atomic mass is 19.1. The molecule has 0 saturated carbocycles. The van der Waals surface area contributed by atoms with Crippen molar-refractivity contribution in [2.45, 2.75) is 13.3 Å². The number of anilines is 1. The molecule has 0 aliphatic heterocycles. The van der Waals surface area contributed by atoms with Crippen molar-refractivity contribution in [1.82, 2.24) is 9.78 Å². The first-order valence-corrected chi connectivity index (χ1v) is 5.70. The highest BCUT2D eigenvalue weighted by Gasteiger charge is 2.18. The molecular formula is C12H13FN4O2. The third-order valence-electron chi connectivity index (χ3n) is 2.91. The lowest BCUT2D eigenvalue weighted by atomic mass is 10.0. The van der Waals surface area contributed by atoms with E-state index in [1.54, 1.807) is 7.05 Å². The summed E-state index contributed by atoms with van der Waals surface area (Å²) in [5.74, 6) is -0.195. The molecule has 19 heavy (non-hydrogen) atoms. The van der Waals surface area contributed by atoms with Gasteiger partial charge in [0.05, 0.1) is 16.7 Å². The Balaban J connectivity index is 2.65. The van der Waals surface area contributed by atoms with Crippen LogP contribution in [0.25, 0.3) is 11.3 Å². The second-order valence-electron chi connectivity index (χ2n) is 4.14. The molecule has 0 radical (unpaired) electrons. The third kappa shape index (κ3) is 2.26. The van der Waals surface area contributed by atoms with E-state index in [1.807, 2.05) is 6.92 Å². The lowest BCUT2D eigenvalue weighted by Gasteiger charge is -2.01. The lowest BCUT2D eigenvalue weighted by molar-refractivity contribution is -0.385. The third-order valence-corrected chi connectivity index (χ3v) is 2.91. The van der Waals surface area contributed by atoms with Gasteiger partial charge in [-0.05, 0) is 12.5 Å². The van der Waals surface area contributed by atoms with Gasteiger partial charge in [-0.15, -0.1) is 0 Å². The van der Waals surface area contributed by atoms with Crippen LogP contribution in [-0.2, 0) is 13.5 Å². The van der Waals surface area contributed by atoms with E-state index in [2.05, 4.69) is 5.10 Å². The molecule has 0 spiro atoms. The van der Waals surface area contributed by atoms with E-state index in [9.17, 15) is 14.5 Å². The number of aromatic nitrogens is 2. The van der Waals surface area contributed by atoms with E-state index in [1.165, 1.54) is 16.8 Å². The lowest BCUT2D eigenvalue weighted by Crippen LogP contribution is -1.98. The van der Waals surface area contributed by atoms with Gasteiger partial charge in [0.2, 0.25) is 0 Å². The number of hydrogen-bond donors (Lipinski definition) is 1. The van der Waals surface area contributed by atoms with Gasteiger partial charge in [0.15, 0.2) is 0 Å². The fraction of sp³-hybridized carbons (Fsp3) is 0.250. The minimum absolute atomic E-state index is 0.304. The number of benzene rings is 1. The molecule has 0 unspecified atom stereocenters. The Morgan fingerprint density at radius 3 is 2.74 bits per heavy atom. The number of aryl methyl sites for hydroxylation is 1. The number of nitrogens with zero attached hydrogens (tertiary/aromatic N) is 3. The molecule has 6 nitrogen and oxygen atoms in total. The predicted molar refractivity (Wildman–Crippen MR) is 69.0 cm³/mol. The number of rotatable bonds is 3. The van der Waals surface area contributed by atoms with Crippen LogP contribution in [0.2, 0.25) is 0 Å². The maximum absolute atomic E-state index is 13.4. The van der Waals surface area contributed by atoms with Crippen molar-refractivity contribution in [2.75, 3.05) is 5.73 Å². The maximum atomic E-state index is 13.4. The van der Waals surface area contributed by atoms with Crippen molar-refractivity contribution < 1.29 is 9.31 Å². The molecular weight excluding hydrogens is 251 g/mol. The van der Waals surface area contributed by atoms with Crippen LogP contribution in [0.1, 0.15) is 12.5 Å². The summed E-state index contributed by atoms with van der Waals surface area (Å²) in [6, 6.07) is 3.39. The Kier molecular flexibility index (Phi) is 3.20. The average molecular weight is 264 g/mol. The molecule has 2 aromatic rings. The molecule has 100 valence electrons. The van der Waals surface area contributed by atoms with E-state index in [4.69, 9.17) is 5.73 Å². The average Bonchev–Trinajstić information content (AvgIpc) is 2.64. The Labute approximate surface area is 108 Å². The number of non-ortho nitro benzene ring substituents is 1. The monoisotopic (exact) mass is 264 g/mol. The van der Waals surface area contributed by atoms with E-state index < -0.39 is 10.7 Å². The SMILES string of the molecule is CCc1c(-c2cc(F)cc([N+](=O)[O-])c2)nn(C)c1N. The molecule has 0 bridgehead atoms. The molecule has 1 aromatic carbocycles. The van der Waals surface area contributed by atoms with E-state index in [-0.39, 0.29) is 5.69 Å². The summed E-state index contributed by atoms with van der Waals surface area (Å²) in [7, 11) is 1.67. The number of nitro groups is 1. The highest BCUT2D eigenvalue weighted by molar-refractivity contribution is 5.70. The fourth-order valence-corrected chi connectivity index (χ4v) is 1.98. The standard InChI is InChI=1S/C12H13FN4O2/c1-3-10-11(15-16(2)12(10)14)7-4-8(13)6-9(5-7)17(18)19/h4-6H,3,14H2,1-2H3. The molecule has 0 atom stereocenters. The van der Waals surface area contributed by atoms with Gasteiger partial charge < -0.3 is 5.73 Å². The smallest absolute Gasteiger partial charge is 0.273 e. The molecule has 0 aliphatic carbocycles. The fourth-order valence-electron chi connectivity index (χ4n) is 1.98. The van der Waals surface area contributed by atoms with Gasteiger partial charge in [-0.25, -0.2) is 4.39 Å². The zero-order valence-electron chi connectivity index (χ0n) is 10.6. The first-order chi connectivity index (χ1) is 8.93. The number of nitro benzene ring substituents is 1. The molecule has 0 aliphatic rings. The van der Waals surface area contributed by atoms with Crippen molar-refractivity contribution >= 4 is 11.5 Å². The molecule has 1 aromatic heterocycles. The summed E-state index contributed by atoms with van der Waals surface area (Å²) < 4.78 is 14.9. The van der Waals surface area contributed by atoms with E-state index in [0.29, 0.717) is 23.5 Å². The van der Waals surface area contributed by atoms with Gasteiger partial charge in [-0.1, -0.05) is 6.92 Å². The van der Waals surface area contributed by atoms with Gasteiger partial charge in [-0.2, -0.15) is 5.10 Å². The number of nitrogen functional groups attached to an aromatic ring is 1. The Hall–Kier alpha value is -2.44. The summed E-state index contributed by atoms with van der Waals surface area (Å²) in [5.41, 5.74) is 7.14. The van der Waals surface area contributed by atoms with Crippen LogP contribution in [-0.4, -0.2) is 14.7 Å². The topological polar surface area (TPSA) is 87.0 Å². The van der Waals surface area contributed by atoms with Crippen LogP contribution < -0.4 is 5.73 Å². The van der Waals surface area contributed by atoms with Crippen molar-refractivity contribution in [1.29, 1.82) is 0 Å². The second-order valence-corrected chi connectivity index (χ2v) is 4.14. The van der Waals surface area contributed by atoms with Gasteiger partial charge in [0.1, 0.15) is 11.6 Å².